The highest BCUT2D eigenvalue weighted by atomic mass is 32.1. The summed E-state index contributed by atoms with van der Waals surface area (Å²) >= 11 is 1.59. The van der Waals surface area contributed by atoms with Crippen molar-refractivity contribution in [1.29, 1.82) is 0 Å². The summed E-state index contributed by atoms with van der Waals surface area (Å²) < 4.78 is 7.89. The summed E-state index contributed by atoms with van der Waals surface area (Å²) in [5.74, 6) is 0.195. The number of thiazole rings is 1. The zero-order valence-corrected chi connectivity index (χ0v) is 17.6. The number of nitrogens with zero attached hydrogens (tertiary/aromatic N) is 3. The van der Waals surface area contributed by atoms with Gasteiger partial charge in [-0.15, -0.1) is 11.3 Å². The highest BCUT2D eigenvalue weighted by Crippen LogP contribution is 2.35. The summed E-state index contributed by atoms with van der Waals surface area (Å²) in [6.07, 6.45) is 2.21. The van der Waals surface area contributed by atoms with Gasteiger partial charge in [0.15, 0.2) is 0 Å². The molecule has 4 rings (SSSR count). The van der Waals surface area contributed by atoms with Gasteiger partial charge in [-0.3, -0.25) is 9.48 Å². The molecule has 1 amide bonds. The average molecular weight is 411 g/mol. The van der Waals surface area contributed by atoms with Crippen molar-refractivity contribution in [1.82, 2.24) is 20.1 Å². The summed E-state index contributed by atoms with van der Waals surface area (Å²) in [5.41, 5.74) is 3.19. The van der Waals surface area contributed by atoms with Gasteiger partial charge in [0, 0.05) is 18.2 Å². The molecule has 1 saturated heterocycles. The van der Waals surface area contributed by atoms with Crippen molar-refractivity contribution in [2.75, 3.05) is 6.61 Å². The number of amides is 1. The van der Waals surface area contributed by atoms with Gasteiger partial charge >= 0.3 is 0 Å². The molecule has 29 heavy (non-hydrogen) atoms. The van der Waals surface area contributed by atoms with Gasteiger partial charge < -0.3 is 10.1 Å². The molecular weight excluding hydrogens is 384 g/mol. The van der Waals surface area contributed by atoms with E-state index in [1.807, 2.05) is 28.9 Å². The molecule has 1 aliphatic heterocycles. The second-order valence-corrected chi connectivity index (χ2v) is 8.57. The number of hydrogen-bond acceptors (Lipinski definition) is 5. The molecule has 1 N–H and O–H groups in total. The molecule has 1 fully saturated rings. The number of rotatable bonds is 7. The van der Waals surface area contributed by atoms with E-state index in [-0.39, 0.29) is 17.9 Å². The Bertz CT molecular complexity index is 951. The number of hydrogen-bond donors (Lipinski definition) is 1. The average Bonchev–Trinajstić information content (AvgIpc) is 3.47. The highest BCUT2D eigenvalue weighted by Gasteiger charge is 2.37. The van der Waals surface area contributed by atoms with Crippen LogP contribution in [0, 0.1) is 5.92 Å². The zero-order chi connectivity index (χ0) is 20.2. The van der Waals surface area contributed by atoms with E-state index < -0.39 is 0 Å². The number of carbonyl (C=O) groups excluding carboxylic acids is 1. The lowest BCUT2D eigenvalue weighted by Gasteiger charge is -2.19. The first-order chi connectivity index (χ1) is 14.1. The van der Waals surface area contributed by atoms with Gasteiger partial charge in [0.1, 0.15) is 11.1 Å². The van der Waals surface area contributed by atoms with Gasteiger partial charge in [-0.2, -0.15) is 5.10 Å². The van der Waals surface area contributed by atoms with Gasteiger partial charge in [-0.1, -0.05) is 44.2 Å². The molecule has 0 saturated carbocycles. The molecule has 7 heteroatoms. The molecular formula is C22H26N4O2S. The molecule has 3 aromatic rings. The van der Waals surface area contributed by atoms with Crippen molar-refractivity contribution in [2.24, 2.45) is 5.92 Å². The Hall–Kier alpha value is -2.51. The predicted molar refractivity (Wildman–Crippen MR) is 113 cm³/mol. The van der Waals surface area contributed by atoms with Crippen molar-refractivity contribution in [2.45, 2.75) is 45.4 Å². The minimum Gasteiger partial charge on any atom is -0.371 e. The fourth-order valence-electron chi connectivity index (χ4n) is 3.59. The van der Waals surface area contributed by atoms with Gasteiger partial charge in [-0.05, 0) is 24.0 Å². The fraction of sp³-hybridized carbons (Fsp3) is 0.409. The maximum absolute atomic E-state index is 12.9. The lowest BCUT2D eigenvalue weighted by atomic mass is 9.98. The predicted octanol–water partition coefficient (Wildman–Crippen LogP) is 3.91. The van der Waals surface area contributed by atoms with Crippen molar-refractivity contribution >= 4 is 17.2 Å². The smallest absolute Gasteiger partial charge is 0.226 e. The topological polar surface area (TPSA) is 69.0 Å². The van der Waals surface area contributed by atoms with E-state index in [9.17, 15) is 4.79 Å². The fourth-order valence-corrected chi connectivity index (χ4v) is 4.48. The number of carbonyl (C=O) groups is 1. The van der Waals surface area contributed by atoms with Crippen LogP contribution in [0.1, 0.15) is 54.2 Å². The third-order valence-corrected chi connectivity index (χ3v) is 6.09. The molecule has 3 heterocycles. The molecule has 152 valence electrons. The van der Waals surface area contributed by atoms with E-state index >= 15 is 0 Å². The van der Waals surface area contributed by atoms with Crippen LogP contribution in [0.15, 0.2) is 48.0 Å². The Balaban J connectivity index is 1.42. The van der Waals surface area contributed by atoms with Crippen LogP contribution in [0.5, 0.6) is 0 Å². The molecule has 0 spiro atoms. The van der Waals surface area contributed by atoms with E-state index in [4.69, 9.17) is 4.74 Å². The summed E-state index contributed by atoms with van der Waals surface area (Å²) in [6.45, 7) is 5.94. The van der Waals surface area contributed by atoms with Crippen molar-refractivity contribution in [3.05, 3.63) is 69.9 Å². The quantitative estimate of drug-likeness (QED) is 0.641. The van der Waals surface area contributed by atoms with Crippen molar-refractivity contribution in [3.8, 4) is 0 Å². The Morgan fingerprint density at radius 3 is 2.90 bits per heavy atom. The van der Waals surface area contributed by atoms with Crippen LogP contribution in [-0.2, 0) is 22.6 Å². The first-order valence-corrected chi connectivity index (χ1v) is 10.9. The molecule has 0 aliphatic carbocycles. The zero-order valence-electron chi connectivity index (χ0n) is 16.7. The number of nitrogens with one attached hydrogen (secondary N) is 1. The third kappa shape index (κ3) is 4.57. The van der Waals surface area contributed by atoms with Crippen LogP contribution >= 0.6 is 11.3 Å². The third-order valence-electron chi connectivity index (χ3n) is 5.22. The normalized spacial score (nSPS) is 19.0. The van der Waals surface area contributed by atoms with E-state index in [1.165, 1.54) is 5.56 Å². The van der Waals surface area contributed by atoms with Crippen LogP contribution in [0.3, 0.4) is 0 Å². The SMILES string of the molecule is CC(C)c1csc(CNC(=O)[C@H]2CCO[C@@H]2c2ccnn2Cc2ccccc2)n1. The first kappa shape index (κ1) is 19.8. The Kier molecular flexibility index (Phi) is 6.06. The Morgan fingerprint density at radius 2 is 2.14 bits per heavy atom. The number of ether oxygens (including phenoxy) is 1. The molecule has 1 aliphatic rings. The minimum absolute atomic E-state index is 0.0151. The lowest BCUT2D eigenvalue weighted by Crippen LogP contribution is -2.32. The molecule has 0 unspecified atom stereocenters. The van der Waals surface area contributed by atoms with Gasteiger partial charge in [0.05, 0.1) is 30.4 Å². The molecule has 6 nitrogen and oxygen atoms in total. The van der Waals surface area contributed by atoms with E-state index in [2.05, 4.69) is 46.8 Å². The van der Waals surface area contributed by atoms with Gasteiger partial charge in [0.25, 0.3) is 0 Å². The molecule has 2 atom stereocenters. The minimum atomic E-state index is -0.274. The Morgan fingerprint density at radius 1 is 1.31 bits per heavy atom. The van der Waals surface area contributed by atoms with Crippen LogP contribution in [0.25, 0.3) is 0 Å². The van der Waals surface area contributed by atoms with E-state index in [0.717, 1.165) is 16.4 Å². The van der Waals surface area contributed by atoms with Crippen molar-refractivity contribution < 1.29 is 9.53 Å². The monoisotopic (exact) mass is 410 g/mol. The van der Waals surface area contributed by atoms with Crippen LogP contribution in [0.2, 0.25) is 0 Å². The molecule has 2 aromatic heterocycles. The summed E-state index contributed by atoms with van der Waals surface area (Å²) in [6, 6.07) is 12.1. The highest BCUT2D eigenvalue weighted by molar-refractivity contribution is 7.09. The Labute approximate surface area is 174 Å². The lowest BCUT2D eigenvalue weighted by molar-refractivity contribution is -0.127. The second-order valence-electron chi connectivity index (χ2n) is 7.62. The van der Waals surface area contributed by atoms with Gasteiger partial charge in [0.2, 0.25) is 5.91 Å². The maximum atomic E-state index is 12.9. The largest absolute Gasteiger partial charge is 0.371 e. The van der Waals surface area contributed by atoms with Gasteiger partial charge in [-0.25, -0.2) is 4.98 Å². The number of aromatic nitrogens is 3. The summed E-state index contributed by atoms with van der Waals surface area (Å²) in [5, 5.41) is 10.5. The van der Waals surface area contributed by atoms with Crippen LogP contribution < -0.4 is 5.32 Å². The molecule has 0 radical (unpaired) electrons. The van der Waals surface area contributed by atoms with E-state index in [1.54, 1.807) is 17.5 Å². The first-order valence-electron chi connectivity index (χ1n) is 10.0. The number of benzene rings is 1. The summed E-state index contributed by atoms with van der Waals surface area (Å²) in [4.78, 5) is 17.5. The standard InChI is InChI=1S/C22H26N4O2S/c1-15(2)18-14-29-20(25-18)12-23-22(27)17-9-11-28-21(17)19-8-10-24-26(19)13-16-6-4-3-5-7-16/h3-8,10,14-15,17,21H,9,11-13H2,1-2H3,(H,23,27)/t17-,21-/m0/s1. The van der Waals surface area contributed by atoms with E-state index in [0.29, 0.717) is 32.0 Å². The second kappa shape index (κ2) is 8.88. The molecule has 1 aromatic carbocycles. The summed E-state index contributed by atoms with van der Waals surface area (Å²) in [7, 11) is 0. The van der Waals surface area contributed by atoms with Crippen LogP contribution in [0.4, 0.5) is 0 Å². The maximum Gasteiger partial charge on any atom is 0.226 e. The van der Waals surface area contributed by atoms with Crippen molar-refractivity contribution in [3.63, 3.8) is 0 Å². The van der Waals surface area contributed by atoms with Crippen LogP contribution in [-0.4, -0.2) is 27.3 Å². The molecule has 0 bridgehead atoms.